The van der Waals surface area contributed by atoms with Gasteiger partial charge in [0, 0.05) is 11.6 Å². The van der Waals surface area contributed by atoms with Gasteiger partial charge in [-0.1, -0.05) is 11.6 Å². The highest BCUT2D eigenvalue weighted by atomic mass is 35.5. The lowest BCUT2D eigenvalue weighted by Crippen LogP contribution is -2.39. The Kier molecular flexibility index (Phi) is 2.33. The maximum atomic E-state index is 11.5. The van der Waals surface area contributed by atoms with Crippen LogP contribution in [0.25, 0.3) is 0 Å². The van der Waals surface area contributed by atoms with E-state index in [2.05, 4.69) is 5.32 Å². The van der Waals surface area contributed by atoms with E-state index >= 15 is 0 Å². The van der Waals surface area contributed by atoms with Gasteiger partial charge in [-0.3, -0.25) is 4.79 Å². The fourth-order valence-electron chi connectivity index (χ4n) is 1.63. The third-order valence-corrected chi connectivity index (χ3v) is 2.53. The zero-order valence-corrected chi connectivity index (χ0v) is 8.64. The number of amides is 1. The van der Waals surface area contributed by atoms with Gasteiger partial charge >= 0.3 is 0 Å². The number of halogens is 1. The number of hydrogen-bond acceptors (Lipinski definition) is 2. The van der Waals surface area contributed by atoms with E-state index in [1.807, 2.05) is 19.1 Å². The van der Waals surface area contributed by atoms with Crippen molar-refractivity contribution in [3.8, 4) is 0 Å². The fourth-order valence-corrected chi connectivity index (χ4v) is 1.80. The summed E-state index contributed by atoms with van der Waals surface area (Å²) in [4.78, 5) is 13.3. The molecule has 0 fully saturated rings. The Hall–Kier alpha value is -1.22. The number of nitrogens with one attached hydrogen (secondary N) is 1. The molecule has 1 aromatic rings. The summed E-state index contributed by atoms with van der Waals surface area (Å²) in [6, 6.07) is 5.50. The van der Waals surface area contributed by atoms with E-state index in [1.54, 1.807) is 11.0 Å². The SMILES string of the molecule is CCN1C(=O)CNc2cc(Cl)ccc21. The predicted octanol–water partition coefficient (Wildman–Crippen LogP) is 2.12. The van der Waals surface area contributed by atoms with E-state index in [-0.39, 0.29) is 5.91 Å². The molecular formula is C10H11ClN2O. The first kappa shape index (κ1) is 9.34. The monoisotopic (exact) mass is 210 g/mol. The molecule has 0 bridgehead atoms. The Labute approximate surface area is 87.7 Å². The van der Waals surface area contributed by atoms with Crippen LogP contribution in [0.4, 0.5) is 11.4 Å². The first-order valence-electron chi connectivity index (χ1n) is 4.56. The molecule has 74 valence electrons. The Balaban J connectivity index is 2.47. The maximum absolute atomic E-state index is 11.5. The topological polar surface area (TPSA) is 32.3 Å². The second-order valence-electron chi connectivity index (χ2n) is 3.15. The number of carbonyl (C=O) groups is 1. The molecule has 2 rings (SSSR count). The number of anilines is 2. The number of fused-ring (bicyclic) bond motifs is 1. The zero-order valence-electron chi connectivity index (χ0n) is 7.88. The summed E-state index contributed by atoms with van der Waals surface area (Å²) >= 11 is 5.86. The van der Waals surface area contributed by atoms with Crippen LogP contribution in [0.2, 0.25) is 5.02 Å². The smallest absolute Gasteiger partial charge is 0.246 e. The normalized spacial score (nSPS) is 15.0. The van der Waals surface area contributed by atoms with Crippen molar-refractivity contribution >= 4 is 28.9 Å². The molecule has 1 aliphatic rings. The first-order chi connectivity index (χ1) is 6.72. The van der Waals surface area contributed by atoms with Gasteiger partial charge in [-0.25, -0.2) is 0 Å². The summed E-state index contributed by atoms with van der Waals surface area (Å²) < 4.78 is 0. The molecule has 1 N–H and O–H groups in total. The molecule has 0 unspecified atom stereocenters. The molecule has 1 aromatic carbocycles. The van der Waals surface area contributed by atoms with E-state index < -0.39 is 0 Å². The summed E-state index contributed by atoms with van der Waals surface area (Å²) in [5, 5.41) is 3.72. The summed E-state index contributed by atoms with van der Waals surface area (Å²) in [5.41, 5.74) is 1.84. The third-order valence-electron chi connectivity index (χ3n) is 2.30. The lowest BCUT2D eigenvalue weighted by Gasteiger charge is -2.29. The Morgan fingerprint density at radius 2 is 2.36 bits per heavy atom. The largest absolute Gasteiger partial charge is 0.374 e. The highest BCUT2D eigenvalue weighted by molar-refractivity contribution is 6.31. The van der Waals surface area contributed by atoms with Crippen molar-refractivity contribution in [1.29, 1.82) is 0 Å². The van der Waals surface area contributed by atoms with Gasteiger partial charge in [-0.05, 0) is 25.1 Å². The van der Waals surface area contributed by atoms with Crippen LogP contribution < -0.4 is 10.2 Å². The van der Waals surface area contributed by atoms with E-state index in [9.17, 15) is 4.79 Å². The van der Waals surface area contributed by atoms with Crippen LogP contribution in [-0.4, -0.2) is 19.0 Å². The summed E-state index contributed by atoms with van der Waals surface area (Å²) in [7, 11) is 0. The Morgan fingerprint density at radius 1 is 1.57 bits per heavy atom. The van der Waals surface area contributed by atoms with Gasteiger partial charge in [0.15, 0.2) is 0 Å². The molecule has 3 nitrogen and oxygen atoms in total. The van der Waals surface area contributed by atoms with Gasteiger partial charge in [-0.2, -0.15) is 0 Å². The van der Waals surface area contributed by atoms with Crippen molar-refractivity contribution in [1.82, 2.24) is 0 Å². The van der Waals surface area contributed by atoms with Crippen molar-refractivity contribution in [3.05, 3.63) is 23.2 Å². The van der Waals surface area contributed by atoms with Crippen molar-refractivity contribution in [2.45, 2.75) is 6.92 Å². The Morgan fingerprint density at radius 3 is 3.07 bits per heavy atom. The van der Waals surface area contributed by atoms with Gasteiger partial charge in [-0.15, -0.1) is 0 Å². The molecule has 1 amide bonds. The zero-order chi connectivity index (χ0) is 10.1. The minimum Gasteiger partial charge on any atom is -0.374 e. The summed E-state index contributed by atoms with van der Waals surface area (Å²) in [6.45, 7) is 3.00. The minimum atomic E-state index is 0.0994. The van der Waals surface area contributed by atoms with Crippen LogP contribution in [-0.2, 0) is 4.79 Å². The van der Waals surface area contributed by atoms with E-state index in [0.717, 1.165) is 11.4 Å². The van der Waals surface area contributed by atoms with Gasteiger partial charge < -0.3 is 10.2 Å². The lowest BCUT2D eigenvalue weighted by molar-refractivity contribution is -0.117. The van der Waals surface area contributed by atoms with Crippen molar-refractivity contribution < 1.29 is 4.79 Å². The molecular weight excluding hydrogens is 200 g/mol. The number of nitrogens with zero attached hydrogens (tertiary/aromatic N) is 1. The number of rotatable bonds is 1. The highest BCUT2D eigenvalue weighted by Gasteiger charge is 2.21. The average Bonchev–Trinajstić information content (AvgIpc) is 2.18. The molecule has 0 saturated carbocycles. The number of benzene rings is 1. The molecule has 4 heteroatoms. The highest BCUT2D eigenvalue weighted by Crippen LogP contribution is 2.31. The molecule has 0 radical (unpaired) electrons. The second-order valence-corrected chi connectivity index (χ2v) is 3.59. The fraction of sp³-hybridized carbons (Fsp3) is 0.300. The molecule has 14 heavy (non-hydrogen) atoms. The quantitative estimate of drug-likeness (QED) is 0.770. The molecule has 0 atom stereocenters. The molecule has 0 saturated heterocycles. The van der Waals surface area contributed by atoms with Gasteiger partial charge in [0.25, 0.3) is 0 Å². The van der Waals surface area contributed by atoms with E-state index in [1.165, 1.54) is 0 Å². The minimum absolute atomic E-state index is 0.0994. The molecule has 1 aliphatic heterocycles. The molecule has 1 heterocycles. The predicted molar refractivity (Wildman–Crippen MR) is 58.0 cm³/mol. The Bertz CT molecular complexity index is 378. The number of likely N-dealkylation sites (N-methyl/N-ethyl adjacent to an activating group) is 1. The maximum Gasteiger partial charge on any atom is 0.246 e. The van der Waals surface area contributed by atoms with Crippen LogP contribution in [0.5, 0.6) is 0 Å². The van der Waals surface area contributed by atoms with Crippen LogP contribution in [0.1, 0.15) is 6.92 Å². The van der Waals surface area contributed by atoms with Crippen LogP contribution in [0.15, 0.2) is 18.2 Å². The van der Waals surface area contributed by atoms with Crippen LogP contribution >= 0.6 is 11.6 Å². The average molecular weight is 211 g/mol. The van der Waals surface area contributed by atoms with E-state index in [4.69, 9.17) is 11.6 Å². The standard InChI is InChI=1S/C10H11ClN2O/c1-2-13-9-4-3-7(11)5-8(9)12-6-10(13)14/h3-5,12H,2,6H2,1H3. The molecule has 0 spiro atoms. The van der Waals surface area contributed by atoms with Crippen molar-refractivity contribution in [2.75, 3.05) is 23.3 Å². The van der Waals surface area contributed by atoms with Crippen LogP contribution in [0.3, 0.4) is 0 Å². The first-order valence-corrected chi connectivity index (χ1v) is 4.94. The number of carbonyl (C=O) groups excluding carboxylic acids is 1. The third kappa shape index (κ3) is 1.44. The summed E-state index contributed by atoms with van der Waals surface area (Å²) in [6.07, 6.45) is 0. The second kappa shape index (κ2) is 3.50. The number of hydrogen-bond donors (Lipinski definition) is 1. The molecule has 0 aliphatic carbocycles. The van der Waals surface area contributed by atoms with Crippen molar-refractivity contribution in [3.63, 3.8) is 0 Å². The van der Waals surface area contributed by atoms with Crippen LogP contribution in [0, 0.1) is 0 Å². The lowest BCUT2D eigenvalue weighted by atomic mass is 10.2. The van der Waals surface area contributed by atoms with Gasteiger partial charge in [0.1, 0.15) is 0 Å². The van der Waals surface area contributed by atoms with Crippen molar-refractivity contribution in [2.24, 2.45) is 0 Å². The van der Waals surface area contributed by atoms with Gasteiger partial charge in [0.2, 0.25) is 5.91 Å². The van der Waals surface area contributed by atoms with E-state index in [0.29, 0.717) is 18.1 Å². The summed E-state index contributed by atoms with van der Waals surface area (Å²) in [5.74, 6) is 0.0994. The molecule has 0 aromatic heterocycles. The van der Waals surface area contributed by atoms with Gasteiger partial charge in [0.05, 0.1) is 17.9 Å².